The van der Waals surface area contributed by atoms with Gasteiger partial charge in [-0.1, -0.05) is 21.1 Å². The molecule has 1 aromatic carbocycles. The average Bonchev–Trinajstić information content (AvgIpc) is 2.49. The number of nitrogens with one attached hydrogen (secondary N) is 1. The number of hydrogen-bond donors (Lipinski definition) is 3. The number of nitrogens with two attached hydrogens (primary N) is 1. The SMILES string of the molecule is N/C(=N/O)c1cc(Br)ccc1NS(=O)(=O)c1cccnc1. The van der Waals surface area contributed by atoms with Gasteiger partial charge in [0.2, 0.25) is 0 Å². The summed E-state index contributed by atoms with van der Waals surface area (Å²) in [6.45, 7) is 0. The molecule has 4 N–H and O–H groups in total. The molecule has 0 amide bonds. The van der Waals surface area contributed by atoms with Crippen LogP contribution in [-0.4, -0.2) is 24.4 Å². The van der Waals surface area contributed by atoms with Gasteiger partial charge >= 0.3 is 0 Å². The average molecular weight is 371 g/mol. The normalized spacial score (nSPS) is 12.1. The number of aromatic nitrogens is 1. The third-order valence-electron chi connectivity index (χ3n) is 2.55. The minimum atomic E-state index is -3.81. The summed E-state index contributed by atoms with van der Waals surface area (Å²) >= 11 is 3.24. The fourth-order valence-electron chi connectivity index (χ4n) is 1.58. The molecule has 0 fully saturated rings. The van der Waals surface area contributed by atoms with Crippen LogP contribution in [-0.2, 0) is 10.0 Å². The van der Waals surface area contributed by atoms with Crippen molar-refractivity contribution in [2.24, 2.45) is 10.9 Å². The number of anilines is 1. The van der Waals surface area contributed by atoms with E-state index in [0.29, 0.717) is 4.47 Å². The Bertz CT molecular complexity index is 778. The molecule has 2 rings (SSSR count). The fourth-order valence-corrected chi connectivity index (χ4v) is 2.98. The maximum atomic E-state index is 12.2. The van der Waals surface area contributed by atoms with Crippen molar-refractivity contribution in [3.63, 3.8) is 0 Å². The van der Waals surface area contributed by atoms with Gasteiger partial charge in [0.05, 0.1) is 5.69 Å². The van der Waals surface area contributed by atoms with E-state index >= 15 is 0 Å². The quantitative estimate of drug-likeness (QED) is 0.328. The first-order valence-electron chi connectivity index (χ1n) is 5.64. The minimum Gasteiger partial charge on any atom is -0.409 e. The molecule has 21 heavy (non-hydrogen) atoms. The lowest BCUT2D eigenvalue weighted by molar-refractivity contribution is 0.318. The molecule has 0 aliphatic rings. The number of sulfonamides is 1. The van der Waals surface area contributed by atoms with E-state index in [-0.39, 0.29) is 22.0 Å². The second-order valence-corrected chi connectivity index (χ2v) is 6.57. The molecule has 0 spiro atoms. The Balaban J connectivity index is 2.45. The zero-order valence-electron chi connectivity index (χ0n) is 10.6. The van der Waals surface area contributed by atoms with Crippen molar-refractivity contribution in [2.75, 3.05) is 4.72 Å². The van der Waals surface area contributed by atoms with Crippen molar-refractivity contribution in [3.8, 4) is 0 Å². The van der Waals surface area contributed by atoms with Crippen LogP contribution in [0.4, 0.5) is 5.69 Å². The first kappa shape index (κ1) is 15.3. The Hall–Kier alpha value is -2.13. The largest absolute Gasteiger partial charge is 0.409 e. The number of halogens is 1. The topological polar surface area (TPSA) is 118 Å². The van der Waals surface area contributed by atoms with Gasteiger partial charge in [0.15, 0.2) is 5.84 Å². The smallest absolute Gasteiger partial charge is 0.263 e. The van der Waals surface area contributed by atoms with E-state index in [9.17, 15) is 8.42 Å². The summed E-state index contributed by atoms with van der Waals surface area (Å²) < 4.78 is 27.5. The van der Waals surface area contributed by atoms with E-state index in [1.807, 2.05) is 0 Å². The van der Waals surface area contributed by atoms with E-state index in [1.165, 1.54) is 36.7 Å². The Morgan fingerprint density at radius 1 is 1.38 bits per heavy atom. The molecule has 9 heteroatoms. The molecule has 0 bridgehead atoms. The molecular weight excluding hydrogens is 360 g/mol. The molecule has 0 aliphatic carbocycles. The molecule has 7 nitrogen and oxygen atoms in total. The number of nitrogens with zero attached hydrogens (tertiary/aromatic N) is 2. The van der Waals surface area contributed by atoms with E-state index in [1.54, 1.807) is 6.07 Å². The van der Waals surface area contributed by atoms with Gasteiger partial charge in [0.25, 0.3) is 10.0 Å². The van der Waals surface area contributed by atoms with E-state index < -0.39 is 10.0 Å². The summed E-state index contributed by atoms with van der Waals surface area (Å²) in [5, 5.41) is 11.7. The van der Waals surface area contributed by atoms with E-state index in [0.717, 1.165) is 0 Å². The van der Waals surface area contributed by atoms with Crippen LogP contribution in [0.2, 0.25) is 0 Å². The number of oxime groups is 1. The lowest BCUT2D eigenvalue weighted by atomic mass is 10.2. The van der Waals surface area contributed by atoms with Gasteiger partial charge in [-0.05, 0) is 30.3 Å². The monoisotopic (exact) mass is 370 g/mol. The summed E-state index contributed by atoms with van der Waals surface area (Å²) in [5.74, 6) is -0.208. The van der Waals surface area contributed by atoms with Crippen molar-refractivity contribution in [1.29, 1.82) is 0 Å². The molecule has 0 atom stereocenters. The van der Waals surface area contributed by atoms with Gasteiger partial charge in [0.1, 0.15) is 4.90 Å². The van der Waals surface area contributed by atoms with Gasteiger partial charge in [-0.15, -0.1) is 0 Å². The zero-order valence-corrected chi connectivity index (χ0v) is 13.0. The Morgan fingerprint density at radius 3 is 2.76 bits per heavy atom. The van der Waals surface area contributed by atoms with Crippen LogP contribution in [0.25, 0.3) is 0 Å². The van der Waals surface area contributed by atoms with Gasteiger partial charge in [-0.3, -0.25) is 9.71 Å². The van der Waals surface area contributed by atoms with Crippen molar-refractivity contribution in [1.82, 2.24) is 4.98 Å². The number of pyridine rings is 1. The van der Waals surface area contributed by atoms with Crippen molar-refractivity contribution in [3.05, 3.63) is 52.8 Å². The number of benzene rings is 1. The van der Waals surface area contributed by atoms with Gasteiger partial charge < -0.3 is 10.9 Å². The van der Waals surface area contributed by atoms with Crippen molar-refractivity contribution in [2.45, 2.75) is 4.90 Å². The van der Waals surface area contributed by atoms with Crippen LogP contribution in [0.5, 0.6) is 0 Å². The lowest BCUT2D eigenvalue weighted by Crippen LogP contribution is -2.19. The molecule has 0 unspecified atom stereocenters. The van der Waals surface area contributed by atoms with E-state index in [4.69, 9.17) is 10.9 Å². The molecule has 1 heterocycles. The molecule has 0 saturated carbocycles. The van der Waals surface area contributed by atoms with Crippen molar-refractivity contribution >= 4 is 37.5 Å². The predicted molar refractivity (Wildman–Crippen MR) is 81.7 cm³/mol. The van der Waals surface area contributed by atoms with Crippen LogP contribution >= 0.6 is 15.9 Å². The summed E-state index contributed by atoms with van der Waals surface area (Å²) in [4.78, 5) is 3.78. The highest BCUT2D eigenvalue weighted by Crippen LogP contribution is 2.23. The Labute approximate surface area is 129 Å². The number of hydrogen-bond acceptors (Lipinski definition) is 5. The maximum absolute atomic E-state index is 12.2. The van der Waals surface area contributed by atoms with Crippen LogP contribution in [0.1, 0.15) is 5.56 Å². The fraction of sp³-hybridized carbons (Fsp3) is 0. The highest BCUT2D eigenvalue weighted by atomic mass is 79.9. The summed E-state index contributed by atoms with van der Waals surface area (Å²) in [7, 11) is -3.81. The maximum Gasteiger partial charge on any atom is 0.263 e. The second-order valence-electron chi connectivity index (χ2n) is 3.97. The second kappa shape index (κ2) is 6.10. The molecule has 1 aromatic heterocycles. The molecular formula is C12H11BrN4O3S. The standard InChI is InChI=1S/C12H11BrN4O3S/c13-8-3-4-11(10(6-8)12(14)16-18)17-21(19,20)9-2-1-5-15-7-9/h1-7,17-18H,(H2,14,16). The van der Waals surface area contributed by atoms with Crippen LogP contribution in [0.3, 0.4) is 0 Å². The van der Waals surface area contributed by atoms with Gasteiger partial charge in [-0.25, -0.2) is 8.42 Å². The summed E-state index contributed by atoms with van der Waals surface area (Å²) in [6, 6.07) is 7.61. The third-order valence-corrected chi connectivity index (χ3v) is 4.40. The zero-order chi connectivity index (χ0) is 15.5. The Kier molecular flexibility index (Phi) is 4.43. The first-order chi connectivity index (χ1) is 9.94. The highest BCUT2D eigenvalue weighted by molar-refractivity contribution is 9.10. The molecule has 0 aliphatic heterocycles. The Morgan fingerprint density at radius 2 is 2.14 bits per heavy atom. The predicted octanol–water partition coefficient (Wildman–Crippen LogP) is 1.74. The number of amidine groups is 1. The molecule has 110 valence electrons. The first-order valence-corrected chi connectivity index (χ1v) is 7.92. The lowest BCUT2D eigenvalue weighted by Gasteiger charge is -2.12. The summed E-state index contributed by atoms with van der Waals surface area (Å²) in [6.07, 6.45) is 2.70. The highest BCUT2D eigenvalue weighted by Gasteiger charge is 2.17. The molecule has 0 saturated heterocycles. The van der Waals surface area contributed by atoms with Crippen LogP contribution < -0.4 is 10.5 Å². The van der Waals surface area contributed by atoms with Gasteiger partial charge in [-0.2, -0.15) is 0 Å². The third kappa shape index (κ3) is 3.50. The van der Waals surface area contributed by atoms with E-state index in [2.05, 4.69) is 30.8 Å². The minimum absolute atomic E-state index is 0.0124. The summed E-state index contributed by atoms with van der Waals surface area (Å²) in [5.41, 5.74) is 5.99. The molecule has 2 aromatic rings. The molecule has 0 radical (unpaired) electrons. The van der Waals surface area contributed by atoms with Gasteiger partial charge in [0, 0.05) is 22.4 Å². The van der Waals surface area contributed by atoms with Crippen molar-refractivity contribution < 1.29 is 13.6 Å². The van der Waals surface area contributed by atoms with Crippen LogP contribution in [0, 0.1) is 0 Å². The number of rotatable bonds is 4. The van der Waals surface area contributed by atoms with Crippen LogP contribution in [0.15, 0.2) is 57.2 Å².